The van der Waals surface area contributed by atoms with E-state index < -0.39 is 0 Å². The van der Waals surface area contributed by atoms with Crippen molar-refractivity contribution in [2.75, 3.05) is 48.3 Å². The highest BCUT2D eigenvalue weighted by atomic mass is 15.3. The van der Waals surface area contributed by atoms with Gasteiger partial charge in [0, 0.05) is 62.1 Å². The number of likely N-dealkylation sites (tertiary alicyclic amines) is 1. The summed E-state index contributed by atoms with van der Waals surface area (Å²) in [5, 5.41) is 0. The molecule has 0 spiro atoms. The Labute approximate surface area is 204 Å². The van der Waals surface area contributed by atoms with E-state index in [0.29, 0.717) is 12.0 Å². The molecule has 35 heavy (non-hydrogen) atoms. The largest absolute Gasteiger partial charge is 0.399 e. The van der Waals surface area contributed by atoms with Crippen LogP contribution in [0.3, 0.4) is 0 Å². The maximum Gasteiger partial charge on any atom is 0.234 e. The third kappa shape index (κ3) is 4.18. The minimum Gasteiger partial charge on any atom is -0.399 e. The van der Waals surface area contributed by atoms with E-state index in [9.17, 15) is 0 Å². The van der Waals surface area contributed by atoms with Crippen molar-refractivity contribution in [3.05, 3.63) is 48.3 Å². The summed E-state index contributed by atoms with van der Waals surface area (Å²) in [5.41, 5.74) is 11.8. The van der Waals surface area contributed by atoms with Gasteiger partial charge in [-0.3, -0.25) is 0 Å². The van der Waals surface area contributed by atoms with Crippen molar-refractivity contribution in [1.29, 1.82) is 0 Å². The van der Waals surface area contributed by atoms with Gasteiger partial charge in [0.2, 0.25) is 5.95 Å². The predicted octanol–water partition coefficient (Wildman–Crippen LogP) is 2.89. The van der Waals surface area contributed by atoms with Gasteiger partial charge in [0.15, 0.2) is 17.0 Å². The zero-order valence-corrected chi connectivity index (χ0v) is 20.1. The first-order chi connectivity index (χ1) is 17.2. The van der Waals surface area contributed by atoms with Crippen LogP contribution in [0.5, 0.6) is 0 Å². The van der Waals surface area contributed by atoms with Gasteiger partial charge in [0.25, 0.3) is 0 Å². The molecule has 10 heteroatoms. The van der Waals surface area contributed by atoms with Gasteiger partial charge in [-0.1, -0.05) is 6.92 Å². The number of H-pyrrole nitrogens is 2. The van der Waals surface area contributed by atoms with E-state index in [1.165, 1.54) is 5.69 Å². The number of rotatable bonds is 5. The molecular formula is C25H32N10. The number of anilines is 4. The van der Waals surface area contributed by atoms with E-state index in [0.717, 1.165) is 92.5 Å². The van der Waals surface area contributed by atoms with E-state index >= 15 is 0 Å². The fourth-order valence-electron chi connectivity index (χ4n) is 5.35. The number of fused-ring (bicyclic) bond motifs is 2. The molecule has 0 aliphatic carbocycles. The van der Waals surface area contributed by atoms with E-state index in [2.05, 4.69) is 53.7 Å². The number of hydrogen-bond acceptors (Lipinski definition) is 8. The third-order valence-electron chi connectivity index (χ3n) is 7.36. The fourth-order valence-corrected chi connectivity index (χ4v) is 5.35. The Balaban J connectivity index is 1.40. The number of aromatic nitrogens is 6. The molecule has 5 heterocycles. The molecule has 1 fully saturated rings. The average Bonchev–Trinajstić information content (AvgIpc) is 3.51. The molecule has 4 N–H and O–H groups in total. The Bertz CT molecular complexity index is 1260. The van der Waals surface area contributed by atoms with Gasteiger partial charge >= 0.3 is 0 Å². The standard InChI is InChI=1S/C25H32N10/c1-2-33-11-7-19(8-12-33)35(18-5-3-17(26)4-6-18)25-31-23-22(29-16-30-23)24(32-25)34-13-9-20-21(10-14-34)28-15-27-20/h3-6,15-16,19H,2,7-14,26H2,1H3,(H,27,28)(H,29,30,31,32). The quantitative estimate of drug-likeness (QED) is 0.380. The highest BCUT2D eigenvalue weighted by Gasteiger charge is 2.29. The molecule has 0 unspecified atom stereocenters. The molecule has 1 saturated heterocycles. The molecule has 0 bridgehead atoms. The van der Waals surface area contributed by atoms with Crippen molar-refractivity contribution in [3.63, 3.8) is 0 Å². The SMILES string of the molecule is CCN1CCC(N(c2ccc(N)cc2)c2nc(N3CCc4nc[nH]c4CC3)c3nc[nH]c3n2)CC1. The van der Waals surface area contributed by atoms with Gasteiger partial charge in [-0.15, -0.1) is 0 Å². The summed E-state index contributed by atoms with van der Waals surface area (Å²) < 4.78 is 0. The zero-order chi connectivity index (χ0) is 23.8. The van der Waals surface area contributed by atoms with Gasteiger partial charge in [0.1, 0.15) is 0 Å². The lowest BCUT2D eigenvalue weighted by Gasteiger charge is -2.38. The number of nitrogens with two attached hydrogens (primary N) is 1. The summed E-state index contributed by atoms with van der Waals surface area (Å²) in [5.74, 6) is 1.58. The molecule has 0 amide bonds. The summed E-state index contributed by atoms with van der Waals surface area (Å²) in [6.45, 7) is 7.15. The van der Waals surface area contributed by atoms with Crippen LogP contribution in [-0.2, 0) is 12.8 Å². The van der Waals surface area contributed by atoms with Crippen LogP contribution >= 0.6 is 0 Å². The van der Waals surface area contributed by atoms with Crippen LogP contribution < -0.4 is 15.5 Å². The Kier molecular flexibility index (Phi) is 5.73. The summed E-state index contributed by atoms with van der Waals surface area (Å²) in [6, 6.07) is 8.36. The molecule has 3 aromatic heterocycles. The van der Waals surface area contributed by atoms with Crippen molar-refractivity contribution in [2.24, 2.45) is 0 Å². The summed E-state index contributed by atoms with van der Waals surface area (Å²) >= 11 is 0. The first-order valence-electron chi connectivity index (χ1n) is 12.5. The lowest BCUT2D eigenvalue weighted by molar-refractivity contribution is 0.222. The average molecular weight is 473 g/mol. The maximum absolute atomic E-state index is 6.02. The van der Waals surface area contributed by atoms with Crippen molar-refractivity contribution >= 4 is 34.3 Å². The lowest BCUT2D eigenvalue weighted by Crippen LogP contribution is -2.43. The highest BCUT2D eigenvalue weighted by molar-refractivity contribution is 5.85. The van der Waals surface area contributed by atoms with Crippen LogP contribution in [-0.4, -0.2) is 73.6 Å². The molecular weight excluding hydrogens is 440 g/mol. The molecule has 1 aromatic carbocycles. The molecule has 0 radical (unpaired) electrons. The number of piperidine rings is 1. The van der Waals surface area contributed by atoms with Crippen LogP contribution in [0.4, 0.5) is 23.1 Å². The Morgan fingerprint density at radius 3 is 2.54 bits per heavy atom. The molecule has 182 valence electrons. The van der Waals surface area contributed by atoms with E-state index in [1.807, 2.05) is 12.1 Å². The number of nitrogen functional groups attached to an aromatic ring is 1. The van der Waals surface area contributed by atoms with E-state index in [4.69, 9.17) is 15.7 Å². The molecule has 4 aromatic rings. The third-order valence-corrected chi connectivity index (χ3v) is 7.36. The Morgan fingerprint density at radius 2 is 1.74 bits per heavy atom. The summed E-state index contributed by atoms with van der Waals surface area (Å²) in [6.07, 6.45) is 7.40. The van der Waals surface area contributed by atoms with Crippen molar-refractivity contribution in [3.8, 4) is 0 Å². The maximum atomic E-state index is 6.02. The van der Waals surface area contributed by atoms with Gasteiger partial charge in [-0.05, 0) is 43.7 Å². The van der Waals surface area contributed by atoms with Crippen molar-refractivity contribution in [2.45, 2.75) is 38.6 Å². The van der Waals surface area contributed by atoms with Gasteiger partial charge in [-0.2, -0.15) is 9.97 Å². The van der Waals surface area contributed by atoms with Crippen LogP contribution in [0, 0.1) is 0 Å². The van der Waals surface area contributed by atoms with Gasteiger partial charge < -0.3 is 30.4 Å². The van der Waals surface area contributed by atoms with Gasteiger partial charge in [-0.25, -0.2) is 9.97 Å². The summed E-state index contributed by atoms with van der Waals surface area (Å²) in [4.78, 5) is 32.9. The first-order valence-corrected chi connectivity index (χ1v) is 12.5. The zero-order valence-electron chi connectivity index (χ0n) is 20.1. The monoisotopic (exact) mass is 472 g/mol. The molecule has 10 nitrogen and oxygen atoms in total. The molecule has 0 atom stereocenters. The highest BCUT2D eigenvalue weighted by Crippen LogP contribution is 2.34. The second-order valence-electron chi connectivity index (χ2n) is 9.39. The number of benzene rings is 1. The molecule has 2 aliphatic heterocycles. The minimum absolute atomic E-state index is 0.308. The second kappa shape index (κ2) is 9.18. The van der Waals surface area contributed by atoms with Crippen molar-refractivity contribution in [1.82, 2.24) is 34.8 Å². The predicted molar refractivity (Wildman–Crippen MR) is 138 cm³/mol. The molecule has 2 aliphatic rings. The van der Waals surface area contributed by atoms with E-state index in [-0.39, 0.29) is 0 Å². The van der Waals surface area contributed by atoms with Crippen LogP contribution in [0.25, 0.3) is 11.2 Å². The topological polar surface area (TPSA) is 119 Å². The lowest BCUT2D eigenvalue weighted by atomic mass is 10.0. The number of imidazole rings is 2. The number of aromatic amines is 2. The smallest absolute Gasteiger partial charge is 0.234 e. The molecule has 6 rings (SSSR count). The number of nitrogens with one attached hydrogen (secondary N) is 2. The van der Waals surface area contributed by atoms with Crippen LogP contribution in [0.1, 0.15) is 31.2 Å². The first kappa shape index (κ1) is 21.8. The summed E-state index contributed by atoms with van der Waals surface area (Å²) in [7, 11) is 0. The molecule has 0 saturated carbocycles. The van der Waals surface area contributed by atoms with Crippen LogP contribution in [0.15, 0.2) is 36.9 Å². The number of hydrogen-bond donors (Lipinski definition) is 3. The fraction of sp³-hybridized carbons (Fsp3) is 0.440. The van der Waals surface area contributed by atoms with Crippen molar-refractivity contribution < 1.29 is 0 Å². The van der Waals surface area contributed by atoms with E-state index in [1.54, 1.807) is 12.7 Å². The minimum atomic E-state index is 0.308. The number of nitrogens with zero attached hydrogens (tertiary/aromatic N) is 7. The Morgan fingerprint density at radius 1 is 0.971 bits per heavy atom. The normalized spacial score (nSPS) is 17.5. The second-order valence-corrected chi connectivity index (χ2v) is 9.39. The Hall–Kier alpha value is -3.66. The van der Waals surface area contributed by atoms with Gasteiger partial charge in [0.05, 0.1) is 18.3 Å². The van der Waals surface area contributed by atoms with Crippen LogP contribution in [0.2, 0.25) is 0 Å².